The smallest absolute Gasteiger partial charge is 0.311 e. The van der Waals surface area contributed by atoms with E-state index in [1.54, 1.807) is 12.1 Å². The minimum Gasteiger partial charge on any atom is -0.507 e. The summed E-state index contributed by atoms with van der Waals surface area (Å²) in [5.41, 5.74) is 2.47. The largest absolute Gasteiger partial charge is 0.507 e. The van der Waals surface area contributed by atoms with E-state index in [9.17, 15) is 20.0 Å². The van der Waals surface area contributed by atoms with Crippen LogP contribution in [0.15, 0.2) is 41.5 Å². The number of nitro groups is 1. The Balaban J connectivity index is 2.23. The molecule has 0 aliphatic heterocycles. The summed E-state index contributed by atoms with van der Waals surface area (Å²) in [5.74, 6) is -0.818. The number of nitrogens with zero attached hydrogens (tertiary/aromatic N) is 2. The minimum absolute atomic E-state index is 0.0102. The first-order valence-corrected chi connectivity index (χ1v) is 5.72. The predicted octanol–water partition coefficient (Wildman–Crippen LogP) is 1.27. The third-order valence-corrected chi connectivity index (χ3v) is 2.60. The Hall–Kier alpha value is -2.96. The Morgan fingerprint density at radius 3 is 2.85 bits per heavy atom. The molecule has 0 aliphatic rings. The highest BCUT2D eigenvalue weighted by molar-refractivity contribution is 6.02. The Bertz CT molecular complexity index is 697. The molecule has 0 heterocycles. The van der Waals surface area contributed by atoms with E-state index in [0.29, 0.717) is 5.56 Å². The quantitative estimate of drug-likeness (QED) is 0.497. The monoisotopic (exact) mass is 273 g/mol. The lowest BCUT2D eigenvalue weighted by Crippen LogP contribution is -2.25. The third-order valence-electron chi connectivity index (χ3n) is 2.60. The molecule has 2 aromatic rings. The maximum Gasteiger partial charge on any atom is 0.311 e. The highest BCUT2D eigenvalue weighted by atomic mass is 16.6. The van der Waals surface area contributed by atoms with Crippen LogP contribution in [0.3, 0.4) is 0 Å². The van der Waals surface area contributed by atoms with Crippen LogP contribution in [0.1, 0.15) is 5.56 Å². The number of hydrazone groups is 1. The Morgan fingerprint density at radius 2 is 2.10 bits per heavy atom. The van der Waals surface area contributed by atoms with E-state index < -0.39 is 17.4 Å². The van der Waals surface area contributed by atoms with Crippen molar-refractivity contribution in [3.05, 3.63) is 52.1 Å². The van der Waals surface area contributed by atoms with Crippen molar-refractivity contribution in [2.75, 3.05) is 6.54 Å². The van der Waals surface area contributed by atoms with Gasteiger partial charge in [-0.05, 0) is 16.8 Å². The number of rotatable bonds is 4. The lowest BCUT2D eigenvalue weighted by molar-refractivity contribution is -0.467. The van der Waals surface area contributed by atoms with Crippen LogP contribution in [-0.4, -0.2) is 28.7 Å². The number of nitrogens with one attached hydrogen (secondary N) is 1. The number of aromatic hydroxyl groups is 1. The summed E-state index contributed by atoms with van der Waals surface area (Å²) >= 11 is 0. The lowest BCUT2D eigenvalue weighted by Gasteiger charge is -2.04. The summed E-state index contributed by atoms with van der Waals surface area (Å²) in [5, 5.41) is 25.2. The zero-order chi connectivity index (χ0) is 14.5. The van der Waals surface area contributed by atoms with E-state index in [2.05, 4.69) is 5.10 Å². The van der Waals surface area contributed by atoms with Gasteiger partial charge in [0, 0.05) is 10.5 Å². The minimum atomic E-state index is -0.848. The topological polar surface area (TPSA) is 105 Å². The van der Waals surface area contributed by atoms with Gasteiger partial charge in [-0.25, -0.2) is 5.43 Å². The molecule has 0 spiro atoms. The number of phenolic OH excluding ortho intramolecular Hbond substituents is 1. The number of phenols is 1. The number of amides is 1. The van der Waals surface area contributed by atoms with E-state index in [4.69, 9.17) is 0 Å². The molecule has 102 valence electrons. The number of carbonyl (C=O) groups excluding carboxylic acids is 1. The number of carbonyl (C=O) groups is 1. The van der Waals surface area contributed by atoms with Gasteiger partial charge in [0.15, 0.2) is 0 Å². The van der Waals surface area contributed by atoms with Gasteiger partial charge in [-0.2, -0.15) is 5.10 Å². The normalized spacial score (nSPS) is 10.8. The highest BCUT2D eigenvalue weighted by Crippen LogP contribution is 2.25. The summed E-state index contributed by atoms with van der Waals surface area (Å²) in [7, 11) is 0. The molecule has 0 atom stereocenters. The van der Waals surface area contributed by atoms with E-state index in [-0.39, 0.29) is 5.75 Å². The van der Waals surface area contributed by atoms with E-state index in [0.717, 1.165) is 10.8 Å². The van der Waals surface area contributed by atoms with Crippen molar-refractivity contribution in [1.82, 2.24) is 5.43 Å². The molecule has 2 aromatic carbocycles. The zero-order valence-corrected chi connectivity index (χ0v) is 10.3. The molecule has 0 saturated heterocycles. The predicted molar refractivity (Wildman–Crippen MR) is 73.2 cm³/mol. The molecule has 0 aliphatic carbocycles. The van der Waals surface area contributed by atoms with Crippen molar-refractivity contribution in [2.24, 2.45) is 5.10 Å². The number of benzene rings is 2. The Kier molecular flexibility index (Phi) is 3.90. The van der Waals surface area contributed by atoms with Crippen LogP contribution in [0, 0.1) is 10.1 Å². The molecule has 0 fully saturated rings. The molecule has 0 unspecified atom stereocenters. The van der Waals surface area contributed by atoms with Gasteiger partial charge in [0.05, 0.1) is 6.21 Å². The van der Waals surface area contributed by atoms with Crippen LogP contribution in [0.4, 0.5) is 0 Å². The van der Waals surface area contributed by atoms with Gasteiger partial charge >= 0.3 is 5.91 Å². The van der Waals surface area contributed by atoms with Gasteiger partial charge in [-0.3, -0.25) is 14.9 Å². The fourth-order valence-electron chi connectivity index (χ4n) is 1.74. The average molecular weight is 273 g/mol. The van der Waals surface area contributed by atoms with Crippen molar-refractivity contribution < 1.29 is 14.8 Å². The van der Waals surface area contributed by atoms with Gasteiger partial charge in [0.25, 0.3) is 6.54 Å². The summed E-state index contributed by atoms with van der Waals surface area (Å²) in [6.07, 6.45) is 1.26. The number of fused-ring (bicyclic) bond motifs is 1. The fourth-order valence-corrected chi connectivity index (χ4v) is 1.74. The number of hydrogen-bond acceptors (Lipinski definition) is 5. The van der Waals surface area contributed by atoms with Gasteiger partial charge in [0.1, 0.15) is 5.75 Å². The molecular formula is C13H11N3O4. The third kappa shape index (κ3) is 3.08. The summed E-state index contributed by atoms with van der Waals surface area (Å²) in [4.78, 5) is 20.4. The van der Waals surface area contributed by atoms with Gasteiger partial charge in [-0.15, -0.1) is 0 Å². The Morgan fingerprint density at radius 1 is 1.35 bits per heavy atom. The fraction of sp³-hybridized carbons (Fsp3) is 0.0769. The van der Waals surface area contributed by atoms with Crippen LogP contribution in [0.2, 0.25) is 0 Å². The van der Waals surface area contributed by atoms with Crippen LogP contribution in [-0.2, 0) is 4.79 Å². The molecule has 0 aromatic heterocycles. The first-order valence-electron chi connectivity index (χ1n) is 5.72. The standard InChI is InChI=1S/C13H11N3O4/c17-12-6-5-9-3-1-2-4-10(9)11(12)7-14-15-13(18)8-16(19)20/h1-7,17H,8H2,(H,15,18). The SMILES string of the molecule is O=C(C[N+](=O)[O-])NN=Cc1c(O)ccc2ccccc12. The second kappa shape index (κ2) is 5.79. The zero-order valence-electron chi connectivity index (χ0n) is 10.3. The number of hydrogen-bond donors (Lipinski definition) is 2. The van der Waals surface area contributed by atoms with Crippen LogP contribution in [0.25, 0.3) is 10.8 Å². The molecular weight excluding hydrogens is 262 g/mol. The van der Waals surface area contributed by atoms with Crippen LogP contribution in [0.5, 0.6) is 5.75 Å². The second-order valence-corrected chi connectivity index (χ2v) is 4.00. The first-order chi connectivity index (χ1) is 9.58. The van der Waals surface area contributed by atoms with Crippen LogP contribution < -0.4 is 5.43 Å². The maximum atomic E-state index is 11.1. The average Bonchev–Trinajstić information content (AvgIpc) is 2.40. The molecule has 2 N–H and O–H groups in total. The van der Waals surface area contributed by atoms with Gasteiger partial charge in [-0.1, -0.05) is 30.3 Å². The molecule has 0 radical (unpaired) electrons. The molecule has 7 nitrogen and oxygen atoms in total. The highest BCUT2D eigenvalue weighted by Gasteiger charge is 2.08. The molecule has 0 saturated carbocycles. The molecule has 2 rings (SSSR count). The molecule has 20 heavy (non-hydrogen) atoms. The summed E-state index contributed by atoms with van der Waals surface area (Å²) < 4.78 is 0. The summed E-state index contributed by atoms with van der Waals surface area (Å²) in [6, 6.07) is 10.6. The maximum absolute atomic E-state index is 11.1. The van der Waals surface area contributed by atoms with E-state index in [1.807, 2.05) is 23.6 Å². The first kappa shape index (κ1) is 13.5. The molecule has 7 heteroatoms. The van der Waals surface area contributed by atoms with Crippen molar-refractivity contribution in [3.63, 3.8) is 0 Å². The van der Waals surface area contributed by atoms with Gasteiger partial charge in [0.2, 0.25) is 0 Å². The van der Waals surface area contributed by atoms with Crippen molar-refractivity contribution in [3.8, 4) is 5.75 Å². The van der Waals surface area contributed by atoms with E-state index in [1.165, 1.54) is 12.3 Å². The lowest BCUT2D eigenvalue weighted by atomic mass is 10.0. The van der Waals surface area contributed by atoms with Crippen molar-refractivity contribution >= 4 is 22.9 Å². The van der Waals surface area contributed by atoms with E-state index >= 15 is 0 Å². The Labute approximate surface area is 113 Å². The van der Waals surface area contributed by atoms with Crippen molar-refractivity contribution in [1.29, 1.82) is 0 Å². The summed E-state index contributed by atoms with van der Waals surface area (Å²) in [6.45, 7) is -0.848. The second-order valence-electron chi connectivity index (χ2n) is 4.00. The molecule has 1 amide bonds. The van der Waals surface area contributed by atoms with Crippen molar-refractivity contribution in [2.45, 2.75) is 0 Å². The molecule has 0 bridgehead atoms. The van der Waals surface area contributed by atoms with Crippen LogP contribution >= 0.6 is 0 Å². The van der Waals surface area contributed by atoms with Gasteiger partial charge < -0.3 is 5.11 Å².